The fraction of sp³-hybridized carbons (Fsp3) is 0.458. The summed E-state index contributed by atoms with van der Waals surface area (Å²) < 4.78 is 48.7. The molecule has 186 valence electrons. The average molecular weight is 482 g/mol. The van der Waals surface area contributed by atoms with Gasteiger partial charge in [0.2, 0.25) is 0 Å². The molecular weight excluding hydrogens is 451 g/mol. The SMILES string of the molecule is CC(C)(C)OC(=O)NN(C(=O)OC(C)(C)C)c1ccc(CCc2ccc(C(F)(F)F)cc2)cn1. The Hall–Kier alpha value is -3.30. The first-order valence-electron chi connectivity index (χ1n) is 10.7. The Labute approximate surface area is 197 Å². The smallest absolute Gasteiger partial charge is 0.435 e. The second-order valence-electron chi connectivity index (χ2n) is 9.65. The molecule has 0 aliphatic rings. The molecule has 0 saturated heterocycles. The van der Waals surface area contributed by atoms with Gasteiger partial charge in [-0.3, -0.25) is 0 Å². The number of nitrogens with zero attached hydrogens (tertiary/aromatic N) is 2. The van der Waals surface area contributed by atoms with E-state index >= 15 is 0 Å². The van der Waals surface area contributed by atoms with Crippen molar-refractivity contribution in [1.29, 1.82) is 0 Å². The van der Waals surface area contributed by atoms with Gasteiger partial charge in [-0.1, -0.05) is 18.2 Å². The lowest BCUT2D eigenvalue weighted by atomic mass is 10.0. The van der Waals surface area contributed by atoms with Crippen molar-refractivity contribution in [2.24, 2.45) is 0 Å². The van der Waals surface area contributed by atoms with Gasteiger partial charge in [-0.05, 0) is 83.7 Å². The summed E-state index contributed by atoms with van der Waals surface area (Å²) in [6, 6.07) is 8.23. The van der Waals surface area contributed by atoms with E-state index in [0.717, 1.165) is 28.3 Å². The normalized spacial score (nSPS) is 12.1. The third-order valence-electron chi connectivity index (χ3n) is 4.20. The molecule has 1 N–H and O–H groups in total. The zero-order chi connectivity index (χ0) is 25.7. The van der Waals surface area contributed by atoms with Crippen molar-refractivity contribution in [3.63, 3.8) is 0 Å². The molecule has 0 atom stereocenters. The summed E-state index contributed by atoms with van der Waals surface area (Å²) in [4.78, 5) is 29.2. The Morgan fingerprint density at radius 3 is 1.85 bits per heavy atom. The van der Waals surface area contributed by atoms with Gasteiger partial charge in [-0.2, -0.15) is 18.2 Å². The molecular formula is C24H30F3N3O4. The Bertz CT molecular complexity index is 977. The number of hydrogen-bond acceptors (Lipinski definition) is 5. The van der Waals surface area contributed by atoms with Crippen molar-refractivity contribution < 1.29 is 32.2 Å². The fourth-order valence-corrected chi connectivity index (χ4v) is 2.74. The molecule has 10 heteroatoms. The number of carbonyl (C=O) groups excluding carboxylic acids is 2. The van der Waals surface area contributed by atoms with Crippen LogP contribution in [0.2, 0.25) is 0 Å². The molecule has 0 saturated carbocycles. The lowest BCUT2D eigenvalue weighted by Gasteiger charge is -2.28. The Balaban J connectivity index is 2.12. The maximum Gasteiger partial charge on any atom is 0.435 e. The predicted molar refractivity (Wildman–Crippen MR) is 121 cm³/mol. The number of carbonyl (C=O) groups is 2. The van der Waals surface area contributed by atoms with Crippen LogP contribution in [0, 0.1) is 0 Å². The van der Waals surface area contributed by atoms with E-state index in [4.69, 9.17) is 9.47 Å². The van der Waals surface area contributed by atoms with E-state index in [1.54, 1.807) is 47.6 Å². The first kappa shape index (κ1) is 26.9. The summed E-state index contributed by atoms with van der Waals surface area (Å²) in [5.74, 6) is 0.110. The van der Waals surface area contributed by atoms with Crippen LogP contribution in [0.4, 0.5) is 28.6 Å². The van der Waals surface area contributed by atoms with Crippen LogP contribution in [0.5, 0.6) is 0 Å². The Morgan fingerprint density at radius 1 is 0.853 bits per heavy atom. The van der Waals surface area contributed by atoms with Crippen LogP contribution in [-0.4, -0.2) is 28.4 Å². The van der Waals surface area contributed by atoms with Gasteiger partial charge < -0.3 is 9.47 Å². The average Bonchev–Trinajstić information content (AvgIpc) is 2.68. The van der Waals surface area contributed by atoms with Gasteiger partial charge in [-0.15, -0.1) is 0 Å². The molecule has 0 unspecified atom stereocenters. The number of hydrazine groups is 1. The van der Waals surface area contributed by atoms with Crippen molar-refractivity contribution in [2.75, 3.05) is 5.01 Å². The molecule has 0 fully saturated rings. The molecule has 2 aromatic rings. The number of hydrogen-bond donors (Lipinski definition) is 1. The molecule has 34 heavy (non-hydrogen) atoms. The molecule has 0 spiro atoms. The number of amides is 2. The molecule has 0 aliphatic heterocycles. The quantitative estimate of drug-likeness (QED) is 0.537. The second kappa shape index (κ2) is 10.3. The first-order valence-corrected chi connectivity index (χ1v) is 10.7. The number of rotatable bonds is 4. The third-order valence-corrected chi connectivity index (χ3v) is 4.20. The van der Waals surface area contributed by atoms with E-state index in [9.17, 15) is 22.8 Å². The minimum atomic E-state index is -4.37. The third kappa shape index (κ3) is 8.92. The van der Waals surface area contributed by atoms with Crippen molar-refractivity contribution in [3.05, 3.63) is 59.3 Å². The molecule has 1 aromatic carbocycles. The highest BCUT2D eigenvalue weighted by atomic mass is 19.4. The number of anilines is 1. The molecule has 1 aromatic heterocycles. The molecule has 2 rings (SSSR count). The van der Waals surface area contributed by atoms with Crippen LogP contribution in [0.15, 0.2) is 42.6 Å². The summed E-state index contributed by atoms with van der Waals surface area (Å²) in [6.45, 7) is 10.1. The Kier molecular flexibility index (Phi) is 8.18. The van der Waals surface area contributed by atoms with E-state index < -0.39 is 35.1 Å². The molecule has 2 amide bonds. The van der Waals surface area contributed by atoms with E-state index in [-0.39, 0.29) is 5.82 Å². The number of ether oxygens (including phenoxy) is 2. The van der Waals surface area contributed by atoms with E-state index in [1.807, 2.05) is 0 Å². The van der Waals surface area contributed by atoms with Crippen LogP contribution in [-0.2, 0) is 28.5 Å². The second-order valence-corrected chi connectivity index (χ2v) is 9.65. The van der Waals surface area contributed by atoms with E-state index in [2.05, 4.69) is 10.4 Å². The summed E-state index contributed by atoms with van der Waals surface area (Å²) in [5.41, 5.74) is 1.61. The van der Waals surface area contributed by atoms with Gasteiger partial charge in [0.05, 0.1) is 5.56 Å². The minimum absolute atomic E-state index is 0.110. The van der Waals surface area contributed by atoms with Gasteiger partial charge >= 0.3 is 18.4 Å². The summed E-state index contributed by atoms with van der Waals surface area (Å²) in [7, 11) is 0. The standard InChI is InChI=1S/C24H30F3N3O4/c1-22(2,3)33-20(31)29-30(21(32)34-23(4,5)6)19-14-11-17(15-28-19)8-7-16-9-12-18(13-10-16)24(25,26)27/h9-15H,7-8H2,1-6H3,(H,29,31). The fourth-order valence-electron chi connectivity index (χ4n) is 2.74. The summed E-state index contributed by atoms with van der Waals surface area (Å²) in [6.07, 6.45) is -3.52. The van der Waals surface area contributed by atoms with E-state index in [0.29, 0.717) is 12.8 Å². The minimum Gasteiger partial charge on any atom is -0.443 e. The maximum atomic E-state index is 12.7. The molecule has 0 aliphatic carbocycles. The lowest BCUT2D eigenvalue weighted by molar-refractivity contribution is -0.137. The molecule has 0 radical (unpaired) electrons. The summed E-state index contributed by atoms with van der Waals surface area (Å²) in [5, 5.41) is 0.860. The van der Waals surface area contributed by atoms with Crippen molar-refractivity contribution in [1.82, 2.24) is 10.4 Å². The number of aryl methyl sites for hydroxylation is 2. The number of nitrogens with one attached hydrogen (secondary N) is 1. The molecule has 7 nitrogen and oxygen atoms in total. The predicted octanol–water partition coefficient (Wildman–Crippen LogP) is 6.07. The lowest BCUT2D eigenvalue weighted by Crippen LogP contribution is -2.50. The number of aromatic nitrogens is 1. The number of pyridine rings is 1. The maximum absolute atomic E-state index is 12.7. The van der Waals surface area contributed by atoms with Crippen LogP contribution in [0.25, 0.3) is 0 Å². The highest BCUT2D eigenvalue weighted by Gasteiger charge is 2.30. The number of alkyl halides is 3. The van der Waals surface area contributed by atoms with Gasteiger partial charge in [0.1, 0.15) is 11.2 Å². The van der Waals surface area contributed by atoms with Gasteiger partial charge in [0.25, 0.3) is 0 Å². The zero-order valence-corrected chi connectivity index (χ0v) is 20.1. The highest BCUT2D eigenvalue weighted by Crippen LogP contribution is 2.29. The first-order chi connectivity index (χ1) is 15.5. The zero-order valence-electron chi connectivity index (χ0n) is 20.1. The molecule has 0 bridgehead atoms. The number of halogens is 3. The van der Waals surface area contributed by atoms with Crippen LogP contribution in [0.3, 0.4) is 0 Å². The highest BCUT2D eigenvalue weighted by molar-refractivity contribution is 5.89. The van der Waals surface area contributed by atoms with Crippen molar-refractivity contribution in [2.45, 2.75) is 71.8 Å². The van der Waals surface area contributed by atoms with Crippen molar-refractivity contribution >= 4 is 18.0 Å². The largest absolute Gasteiger partial charge is 0.443 e. The van der Waals surface area contributed by atoms with Crippen LogP contribution < -0.4 is 10.4 Å². The van der Waals surface area contributed by atoms with Gasteiger partial charge in [0.15, 0.2) is 5.82 Å². The van der Waals surface area contributed by atoms with Gasteiger partial charge in [0, 0.05) is 6.20 Å². The van der Waals surface area contributed by atoms with Crippen molar-refractivity contribution in [3.8, 4) is 0 Å². The summed E-state index contributed by atoms with van der Waals surface area (Å²) >= 11 is 0. The van der Waals surface area contributed by atoms with E-state index in [1.165, 1.54) is 24.4 Å². The van der Waals surface area contributed by atoms with Gasteiger partial charge in [-0.25, -0.2) is 20.0 Å². The molecule has 1 heterocycles. The van der Waals surface area contributed by atoms with Crippen LogP contribution >= 0.6 is 0 Å². The Morgan fingerprint density at radius 2 is 1.38 bits per heavy atom. The van der Waals surface area contributed by atoms with Crippen LogP contribution in [0.1, 0.15) is 58.2 Å². The topological polar surface area (TPSA) is 80.8 Å². The number of benzene rings is 1. The monoisotopic (exact) mass is 481 g/mol.